The van der Waals surface area contributed by atoms with Gasteiger partial charge in [-0.05, 0) is 31.5 Å². The first-order chi connectivity index (χ1) is 15.8. The van der Waals surface area contributed by atoms with Crippen LogP contribution in [0.15, 0.2) is 48.7 Å². The third-order valence-corrected chi connectivity index (χ3v) is 5.74. The fourth-order valence-electron chi connectivity index (χ4n) is 3.68. The summed E-state index contributed by atoms with van der Waals surface area (Å²) < 4.78 is 5.83. The third kappa shape index (κ3) is 4.13. The van der Waals surface area contributed by atoms with Crippen LogP contribution in [0.5, 0.6) is 5.75 Å². The van der Waals surface area contributed by atoms with Crippen LogP contribution in [0.2, 0.25) is 0 Å². The largest absolute Gasteiger partial charge is 0.489 e. The van der Waals surface area contributed by atoms with Crippen LogP contribution < -0.4 is 9.64 Å². The van der Waals surface area contributed by atoms with Crippen LogP contribution in [0.25, 0.3) is 11.3 Å². The highest BCUT2D eigenvalue weighted by atomic mass is 16.5. The van der Waals surface area contributed by atoms with Gasteiger partial charge in [-0.25, -0.2) is 9.97 Å². The molecule has 0 saturated carbocycles. The Bertz CT molecular complexity index is 1280. The molecule has 2 heterocycles. The molecule has 166 valence electrons. The summed E-state index contributed by atoms with van der Waals surface area (Å²) in [5.41, 5.74) is 4.48. The van der Waals surface area contributed by atoms with Crippen LogP contribution in [0.4, 0.5) is 5.69 Å². The average Bonchev–Trinajstić information content (AvgIpc) is 2.95. The molecule has 1 aliphatic heterocycles. The number of aromatic nitrogens is 2. The Morgan fingerprint density at radius 3 is 2.64 bits per heavy atom. The van der Waals surface area contributed by atoms with E-state index in [4.69, 9.17) is 10.00 Å². The van der Waals surface area contributed by atoms with Gasteiger partial charge < -0.3 is 14.5 Å². The Morgan fingerprint density at radius 1 is 1.21 bits per heavy atom. The maximum absolute atomic E-state index is 13.3. The van der Waals surface area contributed by atoms with Gasteiger partial charge in [-0.2, -0.15) is 5.26 Å². The van der Waals surface area contributed by atoms with Crippen LogP contribution in [-0.4, -0.2) is 53.4 Å². The lowest BCUT2D eigenvalue weighted by Gasteiger charge is -2.27. The van der Waals surface area contributed by atoms with E-state index in [9.17, 15) is 9.59 Å². The lowest BCUT2D eigenvalue weighted by atomic mass is 10.1. The molecule has 1 atom stereocenters. The molecular weight excluding hydrogens is 418 g/mol. The third-order valence-electron chi connectivity index (χ3n) is 5.74. The normalized spacial score (nSPS) is 15.2. The maximum Gasteiger partial charge on any atom is 0.292 e. The van der Waals surface area contributed by atoms with E-state index in [0.29, 0.717) is 22.7 Å². The molecule has 0 spiro atoms. The number of fused-ring (bicyclic) bond motifs is 1. The maximum atomic E-state index is 13.3. The molecule has 0 bridgehead atoms. The fraction of sp³-hybridized carbons (Fsp3) is 0.240. The van der Waals surface area contributed by atoms with Crippen LogP contribution in [0.3, 0.4) is 0 Å². The summed E-state index contributed by atoms with van der Waals surface area (Å²) in [7, 11) is 3.15. The number of likely N-dealkylation sites (N-methyl/N-ethyl adjacent to an activating group) is 2. The number of nitrogens with zero attached hydrogens (tertiary/aromatic N) is 5. The number of benzene rings is 2. The second-order valence-electron chi connectivity index (χ2n) is 8.03. The van der Waals surface area contributed by atoms with Crippen LogP contribution in [-0.2, 0) is 4.79 Å². The monoisotopic (exact) mass is 441 g/mol. The zero-order chi connectivity index (χ0) is 23.7. The zero-order valence-electron chi connectivity index (χ0n) is 18.9. The van der Waals surface area contributed by atoms with Gasteiger partial charge >= 0.3 is 0 Å². The zero-order valence-corrected chi connectivity index (χ0v) is 18.9. The van der Waals surface area contributed by atoms with Crippen molar-refractivity contribution in [2.24, 2.45) is 0 Å². The second-order valence-corrected chi connectivity index (χ2v) is 8.03. The molecule has 0 saturated heterocycles. The summed E-state index contributed by atoms with van der Waals surface area (Å²) in [5.74, 6) is -0.369. The van der Waals surface area contributed by atoms with E-state index in [1.54, 1.807) is 31.4 Å². The van der Waals surface area contributed by atoms with E-state index in [1.165, 1.54) is 16.8 Å². The lowest BCUT2D eigenvalue weighted by Crippen LogP contribution is -2.50. The van der Waals surface area contributed by atoms with Gasteiger partial charge in [-0.1, -0.05) is 29.8 Å². The van der Waals surface area contributed by atoms with Gasteiger partial charge in [0.15, 0.2) is 0 Å². The van der Waals surface area contributed by atoms with Crippen LogP contribution >= 0.6 is 0 Å². The van der Waals surface area contributed by atoms with Crippen LogP contribution in [0.1, 0.15) is 27.3 Å². The number of nitriles is 1. The Hall–Kier alpha value is -4.25. The first-order valence-electron chi connectivity index (χ1n) is 10.4. The minimum atomic E-state index is -0.881. The van der Waals surface area contributed by atoms with Gasteiger partial charge in [-0.3, -0.25) is 9.59 Å². The van der Waals surface area contributed by atoms with Crippen molar-refractivity contribution < 1.29 is 14.3 Å². The average molecular weight is 441 g/mol. The Balaban J connectivity index is 1.62. The predicted octanol–water partition coefficient (Wildman–Crippen LogP) is 3.13. The molecule has 8 nitrogen and oxygen atoms in total. The van der Waals surface area contributed by atoms with Crippen molar-refractivity contribution in [2.45, 2.75) is 19.9 Å². The number of aryl methyl sites for hydroxylation is 2. The molecule has 3 aromatic rings. The van der Waals surface area contributed by atoms with E-state index in [0.717, 1.165) is 16.7 Å². The van der Waals surface area contributed by atoms with Gasteiger partial charge in [0, 0.05) is 31.9 Å². The number of carbonyl (C=O) groups excluding carboxylic acids is 2. The molecular formula is C25H23N5O3. The number of amides is 2. The molecule has 2 amide bonds. The standard InChI is InChI=1S/C25H23N5O3/c1-15-5-8-18(9-6-15)22-16(2)13-27-23(28-22)25(32)30(4)20-14-33-21-11-17(12-26)7-10-19(21)29(3)24(20)31/h5-11,13,20H,14H2,1-4H3/t20-/m0/s1. The Morgan fingerprint density at radius 2 is 1.94 bits per heavy atom. The summed E-state index contributed by atoms with van der Waals surface area (Å²) in [6.45, 7) is 3.84. The summed E-state index contributed by atoms with van der Waals surface area (Å²) in [6, 6.07) is 13.9. The number of hydrogen-bond donors (Lipinski definition) is 0. The molecule has 8 heteroatoms. The van der Waals surface area contributed by atoms with Crippen molar-refractivity contribution in [3.8, 4) is 23.1 Å². The van der Waals surface area contributed by atoms with Crippen molar-refractivity contribution in [2.75, 3.05) is 25.6 Å². The molecule has 33 heavy (non-hydrogen) atoms. The molecule has 0 radical (unpaired) electrons. The van der Waals surface area contributed by atoms with E-state index >= 15 is 0 Å². The Labute approximate surface area is 192 Å². The smallest absolute Gasteiger partial charge is 0.292 e. The highest BCUT2D eigenvalue weighted by Gasteiger charge is 2.35. The number of anilines is 1. The van der Waals surface area contributed by atoms with Crippen molar-refractivity contribution in [1.82, 2.24) is 14.9 Å². The predicted molar refractivity (Wildman–Crippen MR) is 123 cm³/mol. The van der Waals surface area contributed by atoms with Gasteiger partial charge in [-0.15, -0.1) is 0 Å². The van der Waals surface area contributed by atoms with Gasteiger partial charge in [0.1, 0.15) is 18.4 Å². The van der Waals surface area contributed by atoms with E-state index in [2.05, 4.69) is 16.0 Å². The molecule has 2 aromatic carbocycles. The molecule has 0 aliphatic carbocycles. The van der Waals surface area contributed by atoms with Gasteiger partial charge in [0.25, 0.3) is 11.8 Å². The minimum Gasteiger partial charge on any atom is -0.489 e. The molecule has 1 aliphatic rings. The summed E-state index contributed by atoms with van der Waals surface area (Å²) >= 11 is 0. The molecule has 4 rings (SSSR count). The highest BCUT2D eigenvalue weighted by molar-refractivity contribution is 6.02. The second kappa shape index (κ2) is 8.71. The number of carbonyl (C=O) groups is 2. The lowest BCUT2D eigenvalue weighted by molar-refractivity contribution is -0.122. The van der Waals surface area contributed by atoms with Crippen molar-refractivity contribution >= 4 is 17.5 Å². The van der Waals surface area contributed by atoms with Crippen molar-refractivity contribution in [3.05, 3.63) is 71.2 Å². The molecule has 0 fully saturated rings. The number of rotatable bonds is 3. The van der Waals surface area contributed by atoms with E-state index < -0.39 is 11.9 Å². The Kier molecular flexibility index (Phi) is 5.80. The van der Waals surface area contributed by atoms with Gasteiger partial charge in [0.2, 0.25) is 5.82 Å². The quantitative estimate of drug-likeness (QED) is 0.619. The SMILES string of the molecule is Cc1ccc(-c2nc(C(=O)N(C)[C@H]3COc4cc(C#N)ccc4N(C)C3=O)ncc2C)cc1. The molecule has 0 N–H and O–H groups in total. The summed E-state index contributed by atoms with van der Waals surface area (Å²) in [4.78, 5) is 37.9. The fourth-order valence-corrected chi connectivity index (χ4v) is 3.68. The molecule has 0 unspecified atom stereocenters. The number of hydrogen-bond acceptors (Lipinski definition) is 6. The first-order valence-corrected chi connectivity index (χ1v) is 10.4. The summed E-state index contributed by atoms with van der Waals surface area (Å²) in [6.07, 6.45) is 1.61. The molecule has 1 aromatic heterocycles. The van der Waals surface area contributed by atoms with E-state index in [-0.39, 0.29) is 18.3 Å². The van der Waals surface area contributed by atoms with Crippen LogP contribution in [0, 0.1) is 25.2 Å². The van der Waals surface area contributed by atoms with Crippen molar-refractivity contribution in [3.63, 3.8) is 0 Å². The van der Waals surface area contributed by atoms with E-state index in [1.807, 2.05) is 38.1 Å². The van der Waals surface area contributed by atoms with Gasteiger partial charge in [0.05, 0.1) is 23.0 Å². The van der Waals surface area contributed by atoms with Crippen molar-refractivity contribution in [1.29, 1.82) is 5.26 Å². The number of ether oxygens (including phenoxy) is 1. The minimum absolute atomic E-state index is 0.00246. The summed E-state index contributed by atoms with van der Waals surface area (Å²) in [5, 5.41) is 9.15. The highest BCUT2D eigenvalue weighted by Crippen LogP contribution is 2.32. The first kappa shape index (κ1) is 22.0. The topological polar surface area (TPSA) is 99.4 Å².